The second kappa shape index (κ2) is 15.3. The fourth-order valence-electron chi connectivity index (χ4n) is 4.69. The fraction of sp³-hybridized carbons (Fsp3) is 0.531. The van der Waals surface area contributed by atoms with E-state index in [0.29, 0.717) is 22.7 Å². The summed E-state index contributed by atoms with van der Waals surface area (Å²) in [4.78, 5) is 36.4. The molecule has 220 valence electrons. The van der Waals surface area contributed by atoms with Crippen molar-refractivity contribution in [3.63, 3.8) is 0 Å². The van der Waals surface area contributed by atoms with E-state index < -0.39 is 18.0 Å². The molecule has 2 atom stereocenters. The van der Waals surface area contributed by atoms with Crippen molar-refractivity contribution < 1.29 is 33.7 Å². The van der Waals surface area contributed by atoms with Gasteiger partial charge in [0.15, 0.2) is 0 Å². The van der Waals surface area contributed by atoms with E-state index in [-0.39, 0.29) is 36.5 Å². The molecule has 2 unspecified atom stereocenters. The maximum Gasteiger partial charge on any atom is 0.306 e. The minimum atomic E-state index is -1.05. The van der Waals surface area contributed by atoms with Crippen molar-refractivity contribution in [3.05, 3.63) is 53.1 Å². The largest absolute Gasteiger partial charge is 0.497 e. The number of carboxylic acid groups (broad SMARTS) is 1. The van der Waals surface area contributed by atoms with Crippen molar-refractivity contribution in [2.45, 2.75) is 97.0 Å². The van der Waals surface area contributed by atoms with E-state index in [1.165, 1.54) is 0 Å². The predicted molar refractivity (Wildman–Crippen MR) is 156 cm³/mol. The number of methoxy groups -OCH3 is 2. The number of esters is 1. The SMILES string of the molecule is CCCCCC(CC(=O)Nc1cc(C(C)OC(=O)CCC(=O)O)ccc1C(C)(C)C)c1ccc(OC)cc1OC. The number of aliphatic carboxylic acids is 1. The number of rotatable bonds is 15. The van der Waals surface area contributed by atoms with Crippen LogP contribution in [-0.4, -0.2) is 37.2 Å². The van der Waals surface area contributed by atoms with Crippen LogP contribution in [0.1, 0.15) is 108 Å². The fourth-order valence-corrected chi connectivity index (χ4v) is 4.69. The molecule has 40 heavy (non-hydrogen) atoms. The maximum absolute atomic E-state index is 13.5. The van der Waals surface area contributed by atoms with Gasteiger partial charge in [0.2, 0.25) is 5.91 Å². The van der Waals surface area contributed by atoms with Gasteiger partial charge in [-0.2, -0.15) is 0 Å². The Hall–Kier alpha value is -3.55. The molecule has 2 aromatic carbocycles. The molecule has 0 aromatic heterocycles. The molecule has 0 bridgehead atoms. The maximum atomic E-state index is 13.5. The predicted octanol–water partition coefficient (Wildman–Crippen LogP) is 7.16. The van der Waals surface area contributed by atoms with E-state index in [2.05, 4.69) is 33.0 Å². The topological polar surface area (TPSA) is 111 Å². The Labute approximate surface area is 238 Å². The first-order chi connectivity index (χ1) is 18.9. The third kappa shape index (κ3) is 9.88. The van der Waals surface area contributed by atoms with Crippen LogP contribution in [0.3, 0.4) is 0 Å². The van der Waals surface area contributed by atoms with Crippen LogP contribution >= 0.6 is 0 Å². The Balaban J connectivity index is 2.31. The average molecular weight is 556 g/mol. The number of hydrogen-bond donors (Lipinski definition) is 2. The van der Waals surface area contributed by atoms with Crippen molar-refractivity contribution in [2.24, 2.45) is 0 Å². The van der Waals surface area contributed by atoms with Gasteiger partial charge in [0.25, 0.3) is 0 Å². The molecule has 1 amide bonds. The first kappa shape index (κ1) is 32.7. The molecule has 8 heteroatoms. The molecule has 0 fully saturated rings. The van der Waals surface area contributed by atoms with Crippen molar-refractivity contribution in [2.75, 3.05) is 19.5 Å². The number of benzene rings is 2. The van der Waals surface area contributed by atoms with Crippen LogP contribution in [0, 0.1) is 0 Å². The normalized spacial score (nSPS) is 12.8. The second-order valence-electron chi connectivity index (χ2n) is 11.1. The van der Waals surface area contributed by atoms with Gasteiger partial charge in [-0.25, -0.2) is 0 Å². The summed E-state index contributed by atoms with van der Waals surface area (Å²) in [5.74, 6) is -0.393. The molecule has 0 aliphatic rings. The molecule has 2 aromatic rings. The third-order valence-corrected chi connectivity index (χ3v) is 6.91. The summed E-state index contributed by atoms with van der Waals surface area (Å²) in [6, 6.07) is 11.4. The van der Waals surface area contributed by atoms with Gasteiger partial charge in [-0.3, -0.25) is 14.4 Å². The molecule has 0 aliphatic heterocycles. The molecular formula is C32H45NO7. The number of amides is 1. The van der Waals surface area contributed by atoms with E-state index in [9.17, 15) is 14.4 Å². The first-order valence-electron chi connectivity index (χ1n) is 14.0. The lowest BCUT2D eigenvalue weighted by atomic mass is 9.84. The molecule has 0 saturated carbocycles. The Bertz CT molecular complexity index is 1150. The smallest absolute Gasteiger partial charge is 0.306 e. The van der Waals surface area contributed by atoms with Crippen molar-refractivity contribution in [1.29, 1.82) is 0 Å². The molecule has 2 N–H and O–H groups in total. The van der Waals surface area contributed by atoms with E-state index in [0.717, 1.165) is 36.8 Å². The number of carbonyl (C=O) groups excluding carboxylic acids is 2. The van der Waals surface area contributed by atoms with Crippen LogP contribution in [0.25, 0.3) is 0 Å². The standard InChI is InChI=1S/C32H45NO7/c1-8-9-10-11-23(25-14-13-24(38-6)20-28(25)39-7)19-29(34)33-27-18-22(12-15-26(27)32(3,4)5)21(2)40-31(37)17-16-30(35)36/h12-15,18,20-21,23H,8-11,16-17,19H2,1-7H3,(H,33,34)(H,35,36). The van der Waals surface area contributed by atoms with Gasteiger partial charge in [-0.05, 0) is 53.5 Å². The van der Waals surface area contributed by atoms with Crippen LogP contribution in [0.4, 0.5) is 5.69 Å². The molecule has 8 nitrogen and oxygen atoms in total. The minimum absolute atomic E-state index is 0.0391. The zero-order valence-electron chi connectivity index (χ0n) is 25.0. The summed E-state index contributed by atoms with van der Waals surface area (Å²) in [6.45, 7) is 10.1. The second-order valence-corrected chi connectivity index (χ2v) is 11.1. The number of carbonyl (C=O) groups is 3. The van der Waals surface area contributed by atoms with Crippen LogP contribution in [0.15, 0.2) is 36.4 Å². The number of unbranched alkanes of at least 4 members (excludes halogenated alkanes) is 2. The monoisotopic (exact) mass is 555 g/mol. The van der Waals surface area contributed by atoms with Crippen molar-refractivity contribution in [1.82, 2.24) is 0 Å². The van der Waals surface area contributed by atoms with Crippen LogP contribution in [0.2, 0.25) is 0 Å². The summed E-state index contributed by atoms with van der Waals surface area (Å²) < 4.78 is 16.5. The first-order valence-corrected chi connectivity index (χ1v) is 14.0. The van der Waals surface area contributed by atoms with Gasteiger partial charge in [0, 0.05) is 18.2 Å². The highest BCUT2D eigenvalue weighted by Gasteiger charge is 2.24. The Kier molecular flexibility index (Phi) is 12.5. The summed E-state index contributed by atoms with van der Waals surface area (Å²) in [6.07, 6.45) is 3.20. The minimum Gasteiger partial charge on any atom is -0.497 e. The van der Waals surface area contributed by atoms with Crippen LogP contribution in [-0.2, 0) is 24.5 Å². The van der Waals surface area contributed by atoms with Crippen LogP contribution < -0.4 is 14.8 Å². The Morgan fingerprint density at radius 3 is 2.30 bits per heavy atom. The molecule has 0 heterocycles. The number of carboxylic acids is 1. The molecular weight excluding hydrogens is 510 g/mol. The third-order valence-electron chi connectivity index (χ3n) is 6.91. The Morgan fingerprint density at radius 2 is 1.70 bits per heavy atom. The molecule has 0 aliphatic carbocycles. The van der Waals surface area contributed by atoms with E-state index in [4.69, 9.17) is 19.3 Å². The summed E-state index contributed by atoms with van der Waals surface area (Å²) in [5.41, 5.74) is 3.06. The zero-order chi connectivity index (χ0) is 29.9. The van der Waals surface area contributed by atoms with Gasteiger partial charge < -0.3 is 24.6 Å². The summed E-state index contributed by atoms with van der Waals surface area (Å²) in [5, 5.41) is 12.0. The van der Waals surface area contributed by atoms with Gasteiger partial charge in [-0.1, -0.05) is 65.2 Å². The number of hydrogen-bond acceptors (Lipinski definition) is 6. The molecule has 0 saturated heterocycles. The number of anilines is 1. The lowest BCUT2D eigenvalue weighted by molar-refractivity contribution is -0.151. The average Bonchev–Trinajstić information content (AvgIpc) is 2.90. The molecule has 0 spiro atoms. The number of nitrogens with one attached hydrogen (secondary N) is 1. The summed E-state index contributed by atoms with van der Waals surface area (Å²) >= 11 is 0. The van der Waals surface area contributed by atoms with Gasteiger partial charge in [0.05, 0.1) is 27.1 Å². The zero-order valence-corrected chi connectivity index (χ0v) is 25.0. The van der Waals surface area contributed by atoms with Gasteiger partial charge in [0.1, 0.15) is 17.6 Å². The van der Waals surface area contributed by atoms with E-state index >= 15 is 0 Å². The highest BCUT2D eigenvalue weighted by molar-refractivity contribution is 5.92. The van der Waals surface area contributed by atoms with Crippen molar-refractivity contribution >= 4 is 23.5 Å². The van der Waals surface area contributed by atoms with E-state index in [1.807, 2.05) is 36.4 Å². The highest BCUT2D eigenvalue weighted by Crippen LogP contribution is 2.37. The lowest BCUT2D eigenvalue weighted by Gasteiger charge is -2.26. The van der Waals surface area contributed by atoms with Crippen molar-refractivity contribution in [3.8, 4) is 11.5 Å². The van der Waals surface area contributed by atoms with Crippen LogP contribution in [0.5, 0.6) is 11.5 Å². The molecule has 2 rings (SSSR count). The lowest BCUT2D eigenvalue weighted by Crippen LogP contribution is -2.21. The number of ether oxygens (including phenoxy) is 3. The van der Waals surface area contributed by atoms with E-state index in [1.54, 1.807) is 21.1 Å². The molecule has 0 radical (unpaired) electrons. The quantitative estimate of drug-likeness (QED) is 0.177. The van der Waals surface area contributed by atoms with Gasteiger partial charge in [-0.15, -0.1) is 0 Å². The highest BCUT2D eigenvalue weighted by atomic mass is 16.5. The van der Waals surface area contributed by atoms with Gasteiger partial charge >= 0.3 is 11.9 Å². The summed E-state index contributed by atoms with van der Waals surface area (Å²) in [7, 11) is 3.23. The Morgan fingerprint density at radius 1 is 0.975 bits per heavy atom.